The van der Waals surface area contributed by atoms with Gasteiger partial charge in [0.2, 0.25) is 0 Å². The van der Waals surface area contributed by atoms with Crippen molar-refractivity contribution in [3.63, 3.8) is 0 Å². The molecular weight excluding hydrogens is 150 g/mol. The Kier molecular flexibility index (Phi) is 1.68. The van der Waals surface area contributed by atoms with Gasteiger partial charge in [0.1, 0.15) is 0 Å². The van der Waals surface area contributed by atoms with E-state index < -0.39 is 0 Å². The minimum Gasteiger partial charge on any atom is -0.328 e. The van der Waals surface area contributed by atoms with Gasteiger partial charge in [-0.1, -0.05) is 6.92 Å². The first kappa shape index (κ1) is 7.80. The monoisotopic (exact) mass is 165 g/mol. The summed E-state index contributed by atoms with van der Waals surface area (Å²) in [6, 6.07) is 0. The number of hydrogen-bond acceptors (Lipinski definition) is 2. The van der Waals surface area contributed by atoms with E-state index in [9.17, 15) is 0 Å². The summed E-state index contributed by atoms with van der Waals surface area (Å²) in [7, 11) is 0. The van der Waals surface area contributed by atoms with E-state index in [1.807, 2.05) is 10.9 Å². The van der Waals surface area contributed by atoms with Crippen molar-refractivity contribution in [3.8, 4) is 0 Å². The van der Waals surface area contributed by atoms with Crippen LogP contribution in [0.1, 0.15) is 25.3 Å². The van der Waals surface area contributed by atoms with E-state index in [1.165, 1.54) is 18.4 Å². The highest BCUT2D eigenvalue weighted by molar-refractivity contribution is 5.09. The molecule has 66 valence electrons. The van der Waals surface area contributed by atoms with Crippen molar-refractivity contribution in [2.45, 2.75) is 31.7 Å². The second-order valence-electron chi connectivity index (χ2n) is 3.58. The molecule has 0 saturated heterocycles. The lowest BCUT2D eigenvalue weighted by atomic mass is 10.2. The van der Waals surface area contributed by atoms with Gasteiger partial charge in [-0.3, -0.25) is 4.68 Å². The lowest BCUT2D eigenvalue weighted by Gasteiger charge is -2.11. The topological polar surface area (TPSA) is 43.8 Å². The predicted octanol–water partition coefficient (Wildman–Crippen LogP) is 0.893. The molecule has 1 heterocycles. The Morgan fingerprint density at radius 2 is 2.42 bits per heavy atom. The van der Waals surface area contributed by atoms with Crippen LogP contribution in [0, 0.1) is 0 Å². The molecule has 1 aromatic rings. The summed E-state index contributed by atoms with van der Waals surface area (Å²) in [5.74, 6) is 0. The molecule has 0 amide bonds. The van der Waals surface area contributed by atoms with Crippen LogP contribution in [0.4, 0.5) is 0 Å². The van der Waals surface area contributed by atoms with E-state index in [2.05, 4.69) is 18.2 Å². The van der Waals surface area contributed by atoms with Crippen molar-refractivity contribution in [1.82, 2.24) is 9.78 Å². The second kappa shape index (κ2) is 2.59. The number of rotatable bonds is 3. The Morgan fingerprint density at radius 3 is 2.83 bits per heavy atom. The van der Waals surface area contributed by atoms with Gasteiger partial charge in [0.25, 0.3) is 0 Å². The highest BCUT2D eigenvalue weighted by atomic mass is 15.3. The van der Waals surface area contributed by atoms with Gasteiger partial charge >= 0.3 is 0 Å². The van der Waals surface area contributed by atoms with Crippen molar-refractivity contribution in [3.05, 3.63) is 18.0 Å². The molecule has 12 heavy (non-hydrogen) atoms. The lowest BCUT2D eigenvalue weighted by molar-refractivity contribution is 0.441. The SMILES string of the molecule is CCc1cnn(C2(CN)CC2)c1. The van der Waals surface area contributed by atoms with Crippen molar-refractivity contribution in [2.75, 3.05) is 6.54 Å². The third-order valence-electron chi connectivity index (χ3n) is 2.74. The molecule has 3 heteroatoms. The maximum Gasteiger partial charge on any atom is 0.0751 e. The molecule has 1 aliphatic rings. The van der Waals surface area contributed by atoms with Crippen molar-refractivity contribution in [1.29, 1.82) is 0 Å². The molecule has 2 rings (SSSR count). The standard InChI is InChI=1S/C9H15N3/c1-2-8-5-11-12(6-8)9(7-10)3-4-9/h5-6H,2-4,7,10H2,1H3. The minimum absolute atomic E-state index is 0.188. The fraction of sp³-hybridized carbons (Fsp3) is 0.667. The molecule has 1 saturated carbocycles. The number of nitrogens with zero attached hydrogens (tertiary/aromatic N) is 2. The number of nitrogens with two attached hydrogens (primary N) is 1. The van der Waals surface area contributed by atoms with E-state index in [0.29, 0.717) is 0 Å². The van der Waals surface area contributed by atoms with E-state index in [4.69, 9.17) is 5.73 Å². The van der Waals surface area contributed by atoms with Gasteiger partial charge in [-0.25, -0.2) is 0 Å². The van der Waals surface area contributed by atoms with Crippen LogP contribution in [0.15, 0.2) is 12.4 Å². The summed E-state index contributed by atoms with van der Waals surface area (Å²) >= 11 is 0. The maximum absolute atomic E-state index is 5.69. The van der Waals surface area contributed by atoms with E-state index in [0.717, 1.165) is 13.0 Å². The molecule has 2 N–H and O–H groups in total. The van der Waals surface area contributed by atoms with Crippen LogP contribution in [-0.2, 0) is 12.0 Å². The quantitative estimate of drug-likeness (QED) is 0.723. The second-order valence-corrected chi connectivity index (χ2v) is 3.58. The molecule has 0 bridgehead atoms. The largest absolute Gasteiger partial charge is 0.328 e. The number of hydrogen-bond donors (Lipinski definition) is 1. The van der Waals surface area contributed by atoms with E-state index in [1.54, 1.807) is 0 Å². The minimum atomic E-state index is 0.188. The maximum atomic E-state index is 5.69. The molecule has 0 atom stereocenters. The van der Waals surface area contributed by atoms with Gasteiger partial charge < -0.3 is 5.73 Å². The molecule has 0 spiro atoms. The Morgan fingerprint density at radius 1 is 1.67 bits per heavy atom. The van der Waals surface area contributed by atoms with Crippen molar-refractivity contribution >= 4 is 0 Å². The Labute approximate surface area is 72.6 Å². The molecule has 0 radical (unpaired) electrons. The normalized spacial score (nSPS) is 19.5. The average Bonchev–Trinajstić information content (AvgIpc) is 2.77. The summed E-state index contributed by atoms with van der Waals surface area (Å²) in [5.41, 5.74) is 7.18. The molecule has 1 aliphatic carbocycles. The van der Waals surface area contributed by atoms with Crippen LogP contribution in [0.3, 0.4) is 0 Å². The fourth-order valence-corrected chi connectivity index (χ4v) is 1.47. The van der Waals surface area contributed by atoms with Gasteiger partial charge in [-0.05, 0) is 24.8 Å². The molecule has 1 fully saturated rings. The Bertz CT molecular complexity index is 273. The first-order valence-corrected chi connectivity index (χ1v) is 4.55. The molecule has 3 nitrogen and oxygen atoms in total. The van der Waals surface area contributed by atoms with Crippen LogP contribution >= 0.6 is 0 Å². The molecular formula is C9H15N3. The zero-order valence-corrected chi connectivity index (χ0v) is 7.45. The highest BCUT2D eigenvalue weighted by Gasteiger charge is 2.43. The lowest BCUT2D eigenvalue weighted by Crippen LogP contribution is -2.27. The molecule has 1 aromatic heterocycles. The van der Waals surface area contributed by atoms with Crippen molar-refractivity contribution < 1.29 is 0 Å². The first-order valence-electron chi connectivity index (χ1n) is 4.55. The smallest absolute Gasteiger partial charge is 0.0751 e. The van der Waals surface area contributed by atoms with Crippen LogP contribution in [0.25, 0.3) is 0 Å². The third-order valence-corrected chi connectivity index (χ3v) is 2.74. The van der Waals surface area contributed by atoms with Gasteiger partial charge in [0.05, 0.1) is 11.7 Å². The molecule has 0 unspecified atom stereocenters. The first-order chi connectivity index (χ1) is 5.80. The molecule has 0 aliphatic heterocycles. The van der Waals surface area contributed by atoms with Crippen LogP contribution in [0.2, 0.25) is 0 Å². The Balaban J connectivity index is 2.23. The zero-order valence-electron chi connectivity index (χ0n) is 7.45. The number of aromatic nitrogens is 2. The predicted molar refractivity (Wildman–Crippen MR) is 47.9 cm³/mol. The summed E-state index contributed by atoms with van der Waals surface area (Å²) in [6.07, 6.45) is 7.50. The summed E-state index contributed by atoms with van der Waals surface area (Å²) < 4.78 is 2.05. The van der Waals surface area contributed by atoms with Gasteiger partial charge in [-0.2, -0.15) is 5.10 Å². The molecule has 0 aromatic carbocycles. The van der Waals surface area contributed by atoms with E-state index in [-0.39, 0.29) is 5.54 Å². The third kappa shape index (κ3) is 1.05. The highest BCUT2D eigenvalue weighted by Crippen LogP contribution is 2.41. The van der Waals surface area contributed by atoms with Crippen molar-refractivity contribution in [2.24, 2.45) is 5.73 Å². The fourth-order valence-electron chi connectivity index (χ4n) is 1.47. The van der Waals surface area contributed by atoms with Crippen LogP contribution < -0.4 is 5.73 Å². The Hall–Kier alpha value is -0.830. The van der Waals surface area contributed by atoms with Crippen LogP contribution in [-0.4, -0.2) is 16.3 Å². The zero-order chi connectivity index (χ0) is 8.60. The summed E-state index contributed by atoms with van der Waals surface area (Å²) in [5, 5.41) is 4.33. The summed E-state index contributed by atoms with van der Waals surface area (Å²) in [6.45, 7) is 2.86. The van der Waals surface area contributed by atoms with Gasteiger partial charge in [0, 0.05) is 12.7 Å². The van der Waals surface area contributed by atoms with Gasteiger partial charge in [-0.15, -0.1) is 0 Å². The van der Waals surface area contributed by atoms with Crippen LogP contribution in [0.5, 0.6) is 0 Å². The van der Waals surface area contributed by atoms with Gasteiger partial charge in [0.15, 0.2) is 0 Å². The summed E-state index contributed by atoms with van der Waals surface area (Å²) in [4.78, 5) is 0. The number of aryl methyl sites for hydroxylation is 1. The average molecular weight is 165 g/mol. The van der Waals surface area contributed by atoms with E-state index >= 15 is 0 Å².